The lowest BCUT2D eigenvalue weighted by molar-refractivity contribution is -0.123. The molecule has 240 valence electrons. The Bertz CT molecular complexity index is 1220. The molecular weight excluding hydrogens is 548 g/mol. The lowest BCUT2D eigenvalue weighted by Gasteiger charge is -2.33. The van der Waals surface area contributed by atoms with E-state index >= 15 is 0 Å². The predicted molar refractivity (Wildman–Crippen MR) is 178 cm³/mol. The van der Waals surface area contributed by atoms with E-state index in [2.05, 4.69) is 53.7 Å². The Balaban J connectivity index is 1.36. The molecule has 0 unspecified atom stereocenters. The van der Waals surface area contributed by atoms with E-state index in [-0.39, 0.29) is 17.7 Å². The lowest BCUT2D eigenvalue weighted by Crippen LogP contribution is -2.41. The smallest absolute Gasteiger partial charge is 0.254 e. The summed E-state index contributed by atoms with van der Waals surface area (Å²) in [4.78, 5) is 37.2. The standard InChI is InChI=1S/C37H54N4O3/c1-29(2)39-22-11-23-41(37(43)31-13-6-4-7-14-31)35-30(3)12-10-15-33(35)28-40(25-24-39)36(42)32-16-18-34(19-17-32)44-27-26-38-20-8-5-9-21-38/h10,12,15-19,29,31H,4-9,11,13-14,20-28H2,1-3H3. The van der Waals surface area contributed by atoms with E-state index in [1.54, 1.807) is 0 Å². The molecule has 3 aliphatic rings. The number of fused-ring (bicyclic) bond motifs is 1. The summed E-state index contributed by atoms with van der Waals surface area (Å²) in [6.07, 6.45) is 10.3. The highest BCUT2D eigenvalue weighted by Gasteiger charge is 2.30. The number of nitrogens with zero attached hydrogens (tertiary/aromatic N) is 4. The van der Waals surface area contributed by atoms with Gasteiger partial charge in [0.25, 0.3) is 5.91 Å². The van der Waals surface area contributed by atoms with Crippen LogP contribution in [-0.4, -0.2) is 85.0 Å². The maximum absolute atomic E-state index is 14.1. The van der Waals surface area contributed by atoms with Gasteiger partial charge in [-0.15, -0.1) is 0 Å². The summed E-state index contributed by atoms with van der Waals surface area (Å²) < 4.78 is 6.04. The van der Waals surface area contributed by atoms with Gasteiger partial charge in [0, 0.05) is 56.8 Å². The number of carbonyl (C=O) groups is 2. The average Bonchev–Trinajstić information content (AvgIpc) is 3.08. The number of para-hydroxylation sites is 1. The van der Waals surface area contributed by atoms with Crippen LogP contribution in [0.1, 0.15) is 93.1 Å². The van der Waals surface area contributed by atoms with Crippen LogP contribution in [0, 0.1) is 12.8 Å². The van der Waals surface area contributed by atoms with Gasteiger partial charge in [-0.3, -0.25) is 19.4 Å². The summed E-state index contributed by atoms with van der Waals surface area (Å²) in [6.45, 7) is 14.0. The predicted octanol–water partition coefficient (Wildman–Crippen LogP) is 6.53. The van der Waals surface area contributed by atoms with E-state index in [1.165, 1.54) is 25.7 Å². The van der Waals surface area contributed by atoms with Crippen LogP contribution in [-0.2, 0) is 11.3 Å². The van der Waals surface area contributed by atoms with Crippen molar-refractivity contribution in [2.24, 2.45) is 5.92 Å². The third-order valence-corrected chi connectivity index (χ3v) is 9.90. The van der Waals surface area contributed by atoms with Crippen molar-refractivity contribution >= 4 is 17.5 Å². The Kier molecular flexibility index (Phi) is 11.7. The molecule has 2 aliphatic heterocycles. The fourth-order valence-electron chi connectivity index (χ4n) is 7.25. The average molecular weight is 603 g/mol. The third kappa shape index (κ3) is 8.42. The number of ether oxygens (including phenoxy) is 1. The molecule has 2 aromatic carbocycles. The van der Waals surface area contributed by atoms with Gasteiger partial charge in [0.2, 0.25) is 5.91 Å². The maximum atomic E-state index is 14.1. The van der Waals surface area contributed by atoms with Gasteiger partial charge >= 0.3 is 0 Å². The Labute approximate surface area is 265 Å². The van der Waals surface area contributed by atoms with Crippen LogP contribution in [0.5, 0.6) is 5.75 Å². The van der Waals surface area contributed by atoms with E-state index in [0.29, 0.717) is 37.8 Å². The van der Waals surface area contributed by atoms with E-state index < -0.39 is 0 Å². The first-order valence-electron chi connectivity index (χ1n) is 17.3. The normalized spacial score (nSPS) is 19.8. The molecule has 0 N–H and O–H groups in total. The molecule has 1 aliphatic carbocycles. The fourth-order valence-corrected chi connectivity index (χ4v) is 7.25. The number of carbonyl (C=O) groups excluding carboxylic acids is 2. The number of likely N-dealkylation sites (tertiary alicyclic amines) is 1. The van der Waals surface area contributed by atoms with Gasteiger partial charge in [-0.1, -0.05) is 43.9 Å². The quantitative estimate of drug-likeness (QED) is 0.361. The first kappa shape index (κ1) is 32.5. The molecule has 2 amide bonds. The number of benzene rings is 2. The number of aryl methyl sites for hydroxylation is 1. The Hall–Kier alpha value is -2.90. The molecule has 44 heavy (non-hydrogen) atoms. The first-order chi connectivity index (χ1) is 21.4. The van der Waals surface area contributed by atoms with Gasteiger partial charge in [0.05, 0.1) is 5.69 Å². The molecule has 0 atom stereocenters. The lowest BCUT2D eigenvalue weighted by atomic mass is 9.87. The number of rotatable bonds is 7. The van der Waals surface area contributed by atoms with Crippen LogP contribution >= 0.6 is 0 Å². The minimum absolute atomic E-state index is 0.0189. The van der Waals surface area contributed by atoms with E-state index in [4.69, 9.17) is 4.74 Å². The van der Waals surface area contributed by atoms with Crippen molar-refractivity contribution < 1.29 is 14.3 Å². The SMILES string of the molecule is Cc1cccc2c1N(C(=O)C1CCCCC1)CCCN(C(C)C)CCN(C(=O)c1ccc(OCCN3CCCCC3)cc1)C2. The Morgan fingerprint density at radius 2 is 1.55 bits per heavy atom. The summed E-state index contributed by atoms with van der Waals surface area (Å²) in [5, 5.41) is 0. The Morgan fingerprint density at radius 1 is 0.818 bits per heavy atom. The van der Waals surface area contributed by atoms with Crippen LogP contribution in [0.4, 0.5) is 5.69 Å². The molecule has 7 nitrogen and oxygen atoms in total. The molecule has 1 saturated carbocycles. The Morgan fingerprint density at radius 3 is 2.27 bits per heavy atom. The highest BCUT2D eigenvalue weighted by molar-refractivity contribution is 5.97. The second-order valence-corrected chi connectivity index (χ2v) is 13.4. The third-order valence-electron chi connectivity index (χ3n) is 9.90. The van der Waals surface area contributed by atoms with Crippen LogP contribution in [0.15, 0.2) is 42.5 Å². The first-order valence-corrected chi connectivity index (χ1v) is 17.3. The highest BCUT2D eigenvalue weighted by Crippen LogP contribution is 2.33. The van der Waals surface area contributed by atoms with E-state index in [0.717, 1.165) is 87.4 Å². The molecule has 0 bridgehead atoms. The second kappa shape index (κ2) is 15.9. The van der Waals surface area contributed by atoms with Crippen LogP contribution in [0.3, 0.4) is 0 Å². The largest absolute Gasteiger partial charge is 0.492 e. The second-order valence-electron chi connectivity index (χ2n) is 13.4. The van der Waals surface area contributed by atoms with Crippen molar-refractivity contribution in [3.8, 4) is 5.75 Å². The molecule has 7 heteroatoms. The van der Waals surface area contributed by atoms with Crippen molar-refractivity contribution in [2.75, 3.05) is 57.3 Å². The number of anilines is 1. The summed E-state index contributed by atoms with van der Waals surface area (Å²) in [6, 6.07) is 14.3. The molecular formula is C37H54N4O3. The van der Waals surface area contributed by atoms with Gasteiger partial charge in [0.1, 0.15) is 12.4 Å². The van der Waals surface area contributed by atoms with Crippen molar-refractivity contribution in [3.63, 3.8) is 0 Å². The molecule has 2 heterocycles. The highest BCUT2D eigenvalue weighted by atomic mass is 16.5. The molecule has 2 aromatic rings. The van der Waals surface area contributed by atoms with Gasteiger partial charge in [-0.05, 0) is 101 Å². The zero-order valence-corrected chi connectivity index (χ0v) is 27.4. The van der Waals surface area contributed by atoms with Crippen molar-refractivity contribution in [1.82, 2.24) is 14.7 Å². The van der Waals surface area contributed by atoms with E-state index in [1.807, 2.05) is 29.2 Å². The fraction of sp³-hybridized carbons (Fsp3) is 0.622. The van der Waals surface area contributed by atoms with Gasteiger partial charge in [-0.2, -0.15) is 0 Å². The summed E-state index contributed by atoms with van der Waals surface area (Å²) >= 11 is 0. The molecule has 2 fully saturated rings. The molecule has 0 radical (unpaired) electrons. The minimum Gasteiger partial charge on any atom is -0.492 e. The summed E-state index contributed by atoms with van der Waals surface area (Å²) in [5.74, 6) is 1.19. The summed E-state index contributed by atoms with van der Waals surface area (Å²) in [7, 11) is 0. The van der Waals surface area contributed by atoms with Gasteiger partial charge < -0.3 is 14.5 Å². The number of amides is 2. The van der Waals surface area contributed by atoms with Crippen LogP contribution in [0.25, 0.3) is 0 Å². The van der Waals surface area contributed by atoms with Crippen molar-refractivity contribution in [3.05, 3.63) is 59.2 Å². The molecule has 5 rings (SSSR count). The van der Waals surface area contributed by atoms with Crippen LogP contribution in [0.2, 0.25) is 0 Å². The number of hydrogen-bond acceptors (Lipinski definition) is 5. The molecule has 1 saturated heterocycles. The summed E-state index contributed by atoms with van der Waals surface area (Å²) in [5.41, 5.74) is 3.84. The topological polar surface area (TPSA) is 56.3 Å². The van der Waals surface area contributed by atoms with E-state index in [9.17, 15) is 9.59 Å². The number of hydrogen-bond donors (Lipinski definition) is 0. The molecule has 0 spiro atoms. The van der Waals surface area contributed by atoms with Gasteiger partial charge in [0.15, 0.2) is 0 Å². The van der Waals surface area contributed by atoms with Crippen molar-refractivity contribution in [2.45, 2.75) is 91.1 Å². The van der Waals surface area contributed by atoms with Crippen LogP contribution < -0.4 is 9.64 Å². The monoisotopic (exact) mass is 602 g/mol. The molecule has 0 aromatic heterocycles. The zero-order valence-electron chi connectivity index (χ0n) is 27.4. The minimum atomic E-state index is 0.0189. The number of piperidine rings is 1. The zero-order chi connectivity index (χ0) is 30.9. The van der Waals surface area contributed by atoms with Gasteiger partial charge in [-0.25, -0.2) is 0 Å². The van der Waals surface area contributed by atoms with Crippen molar-refractivity contribution in [1.29, 1.82) is 0 Å². The maximum Gasteiger partial charge on any atom is 0.254 e.